The largest absolute Gasteiger partial charge is 0.494 e. The summed E-state index contributed by atoms with van der Waals surface area (Å²) in [5, 5.41) is 46.7. The van der Waals surface area contributed by atoms with E-state index in [9.17, 15) is 24.3 Å². The van der Waals surface area contributed by atoms with E-state index >= 15 is 0 Å². The second kappa shape index (κ2) is 76.8. The third-order valence-corrected chi connectivity index (χ3v) is 25.8. The van der Waals surface area contributed by atoms with E-state index in [4.69, 9.17) is 37.9 Å². The van der Waals surface area contributed by atoms with Gasteiger partial charge in [-0.2, -0.15) is 40.9 Å². The molecule has 8 aromatic carbocycles. The maximum Gasteiger partial charge on any atom is 0.306 e. The summed E-state index contributed by atoms with van der Waals surface area (Å²) in [4.78, 5) is 55.8. The number of hydrogen-bond donors (Lipinski definition) is 1. The van der Waals surface area contributed by atoms with Gasteiger partial charge in [0.25, 0.3) is 0 Å². The maximum absolute atomic E-state index is 14.1. The normalized spacial score (nSPS) is 12.2. The number of nitrogens with zero attached hydrogens (tertiary/aromatic N) is 8. The van der Waals surface area contributed by atoms with Crippen LogP contribution in [0.1, 0.15) is 384 Å². The van der Waals surface area contributed by atoms with Crippen LogP contribution >= 0.6 is 0 Å². The van der Waals surface area contributed by atoms with Crippen LogP contribution in [0.3, 0.4) is 0 Å². The lowest BCUT2D eigenvalue weighted by atomic mass is 10.1. The smallest absolute Gasteiger partial charge is 0.306 e. The molecule has 0 bridgehead atoms. The summed E-state index contributed by atoms with van der Waals surface area (Å²) in [6, 6.07) is 64.3. The molecule has 0 fully saturated rings. The predicted octanol–water partition coefficient (Wildman–Crippen LogP) is 35.8. The summed E-state index contributed by atoms with van der Waals surface area (Å²) in [6.07, 6.45) is 50.0. The Morgan fingerprint density at radius 3 is 0.634 bits per heavy atom. The summed E-state index contributed by atoms with van der Waals surface area (Å²) in [6.45, 7) is 10.2. The number of azo groups is 4. The number of aryl methyl sites for hydroxylation is 4. The number of esters is 4. The van der Waals surface area contributed by atoms with Crippen molar-refractivity contribution in [2.75, 3.05) is 39.6 Å². The third kappa shape index (κ3) is 55.2. The van der Waals surface area contributed by atoms with E-state index in [1.54, 1.807) is 0 Å². The summed E-state index contributed by atoms with van der Waals surface area (Å²) in [5.41, 5.74) is 11.7. The van der Waals surface area contributed by atoms with Crippen LogP contribution in [0.15, 0.2) is 235 Å². The molecule has 8 aromatic rings. The fourth-order valence-electron chi connectivity index (χ4n) is 17.0. The fourth-order valence-corrected chi connectivity index (χ4v) is 17.0. The van der Waals surface area contributed by atoms with Gasteiger partial charge in [-0.05, 0) is 271 Å². The van der Waals surface area contributed by atoms with E-state index in [1.165, 1.54) is 125 Å². The number of rotatable bonds is 84. The van der Waals surface area contributed by atoms with E-state index in [0.29, 0.717) is 52.1 Å². The first-order valence-corrected chi connectivity index (χ1v) is 55.2. The van der Waals surface area contributed by atoms with Gasteiger partial charge in [0.15, 0.2) is 18.3 Å². The van der Waals surface area contributed by atoms with Crippen molar-refractivity contribution in [1.29, 1.82) is 0 Å². The third-order valence-electron chi connectivity index (χ3n) is 25.8. The summed E-state index contributed by atoms with van der Waals surface area (Å²) in [5.74, 6) is 0.980. The van der Waals surface area contributed by atoms with Crippen LogP contribution in [-0.2, 0) is 63.8 Å². The Kier molecular flexibility index (Phi) is 63.0. The molecule has 21 heteroatoms. The zero-order chi connectivity index (χ0) is 100. The van der Waals surface area contributed by atoms with Crippen LogP contribution in [0.2, 0.25) is 0 Å². The molecule has 142 heavy (non-hydrogen) atoms. The lowest BCUT2D eigenvalue weighted by Gasteiger charge is -2.31. The van der Waals surface area contributed by atoms with Gasteiger partial charge in [0, 0.05) is 25.7 Å². The van der Waals surface area contributed by atoms with Gasteiger partial charge in [-0.1, -0.05) is 307 Å². The summed E-state index contributed by atoms with van der Waals surface area (Å²) in [7, 11) is 0. The highest BCUT2D eigenvalue weighted by Gasteiger charge is 2.39. The van der Waals surface area contributed by atoms with E-state index in [2.05, 4.69) is 117 Å². The molecular weight excluding hydrogens is 1770 g/mol. The van der Waals surface area contributed by atoms with Crippen LogP contribution < -0.4 is 18.9 Å². The molecule has 0 aromatic heterocycles. The molecular formula is C121H172N8O13. The minimum absolute atomic E-state index is 0.0475. The monoisotopic (exact) mass is 1950 g/mol. The molecule has 3 atom stereocenters. The van der Waals surface area contributed by atoms with E-state index in [1.807, 2.05) is 146 Å². The Morgan fingerprint density at radius 2 is 0.408 bits per heavy atom. The Hall–Kier alpha value is -10.8. The van der Waals surface area contributed by atoms with Gasteiger partial charge in [0.05, 0.1) is 78.5 Å². The molecule has 0 heterocycles. The Bertz CT molecular complexity index is 4690. The van der Waals surface area contributed by atoms with Crippen molar-refractivity contribution in [2.45, 2.75) is 406 Å². The number of benzene rings is 8. The van der Waals surface area contributed by atoms with Crippen LogP contribution in [0, 0.1) is 0 Å². The Labute approximate surface area is 852 Å². The minimum Gasteiger partial charge on any atom is -0.494 e. The number of aliphatic hydroxyl groups excluding tert-OH is 1. The van der Waals surface area contributed by atoms with Crippen LogP contribution in [0.25, 0.3) is 0 Å². The standard InChI is InChI=1S/C121H172N8O13/c1-5-9-13-41-53-99-61-69-103(70-62-99)122-126-107-77-85-111(86-78-107)135-93-49-37-29-21-17-25-33-45-57-117(131)139-98-116(141-119(133)59-47-35-27-19-23-31-39-51-95-137-113-89-81-109(82-90-113)128-124-105-73-65-101(66-74-105)55-43-15-11-7-3)121(142-120(134)60-48-36-28-20-24-32-40-52-96-138-114-91-83-110(84-92-114)129-125-106-75-67-102(68-76-106)56-44-16-12-8-4)115(97-130)140-118(132)58-46-34-26-18-22-30-38-50-94-136-112-87-79-108(80-88-112)127-123-104-71-63-100(64-72-104)54-42-14-10-6-2/h61-92,115-116,121,130H,5-60,93-98H2,1-4H3. The first kappa shape index (κ1) is 116. The summed E-state index contributed by atoms with van der Waals surface area (Å²) >= 11 is 0. The molecule has 0 saturated carbocycles. The van der Waals surface area contributed by atoms with Crippen molar-refractivity contribution in [2.24, 2.45) is 40.9 Å². The van der Waals surface area contributed by atoms with E-state index < -0.39 is 55.4 Å². The van der Waals surface area contributed by atoms with Crippen molar-refractivity contribution >= 4 is 69.4 Å². The van der Waals surface area contributed by atoms with Gasteiger partial charge in [0.1, 0.15) is 29.6 Å². The zero-order valence-electron chi connectivity index (χ0n) is 87.0. The fraction of sp³-hybridized carbons (Fsp3) is 0.570. The Balaban J connectivity index is 0.777. The van der Waals surface area contributed by atoms with Gasteiger partial charge >= 0.3 is 23.9 Å². The molecule has 1 N–H and O–H groups in total. The maximum atomic E-state index is 14.1. The minimum atomic E-state index is -1.46. The highest BCUT2D eigenvalue weighted by Crippen LogP contribution is 2.31. The van der Waals surface area contributed by atoms with Crippen LogP contribution in [0.5, 0.6) is 23.0 Å². The molecule has 0 saturated heterocycles. The van der Waals surface area contributed by atoms with Gasteiger partial charge in [-0.3, -0.25) is 19.2 Å². The second-order valence-corrected chi connectivity index (χ2v) is 38.3. The first-order valence-electron chi connectivity index (χ1n) is 55.2. The molecule has 21 nitrogen and oxygen atoms in total. The number of carbonyl (C=O) groups excluding carboxylic acids is 4. The molecule has 0 amide bonds. The number of ether oxygens (including phenoxy) is 8. The van der Waals surface area contributed by atoms with Crippen molar-refractivity contribution in [3.63, 3.8) is 0 Å². The number of unbranched alkanes of at least 4 members (excludes halogenated alkanes) is 40. The topological polar surface area (TPSA) is 261 Å². The van der Waals surface area contributed by atoms with Crippen molar-refractivity contribution in [3.8, 4) is 23.0 Å². The Morgan fingerprint density at radius 1 is 0.218 bits per heavy atom. The van der Waals surface area contributed by atoms with Gasteiger partial charge in [0.2, 0.25) is 0 Å². The second-order valence-electron chi connectivity index (χ2n) is 38.3. The predicted molar refractivity (Wildman–Crippen MR) is 576 cm³/mol. The lowest BCUT2D eigenvalue weighted by molar-refractivity contribution is -0.195. The lowest BCUT2D eigenvalue weighted by Crippen LogP contribution is -2.49. The number of hydrogen-bond acceptors (Lipinski definition) is 21. The summed E-state index contributed by atoms with van der Waals surface area (Å²) < 4.78 is 48.6. The molecule has 3 unspecified atom stereocenters. The highest BCUT2D eigenvalue weighted by molar-refractivity contribution is 5.72. The molecule has 0 radical (unpaired) electrons. The molecule has 0 aliphatic rings. The highest BCUT2D eigenvalue weighted by atomic mass is 16.6. The molecule has 0 aliphatic heterocycles. The molecule has 774 valence electrons. The van der Waals surface area contributed by atoms with Crippen LogP contribution in [-0.4, -0.2) is 86.9 Å². The average molecular weight is 1950 g/mol. The molecule has 8 rings (SSSR count). The molecule has 0 aliphatic carbocycles. The quantitative estimate of drug-likeness (QED) is 0.0161. The SMILES string of the molecule is CCCCCCc1ccc(N=Nc2ccc(OCCCCCCCCCCC(=O)OCC(OC(=O)CCCCCCCCCCOc3ccc(N=Nc4ccc(CCCCCC)cc4)cc3)C(OC(=O)CCCCCCCCCCOc3ccc(N=Nc4ccc(CCCCCC)cc4)cc3)C(CO)OC(=O)CCCCCCCCCCOc3ccc(N=Nc4ccc(CCCCCC)cc4)cc3)cc2)cc1. The molecule has 0 spiro atoms. The van der Waals surface area contributed by atoms with Gasteiger partial charge in [-0.25, -0.2) is 0 Å². The van der Waals surface area contributed by atoms with E-state index in [0.717, 1.165) is 274 Å². The van der Waals surface area contributed by atoms with Crippen molar-refractivity contribution < 1.29 is 62.2 Å². The number of aliphatic hydroxyl groups is 1. The zero-order valence-corrected chi connectivity index (χ0v) is 87.0. The number of carbonyl (C=O) groups is 4. The first-order chi connectivity index (χ1) is 69.9. The van der Waals surface area contributed by atoms with Crippen molar-refractivity contribution in [3.05, 3.63) is 216 Å². The van der Waals surface area contributed by atoms with E-state index in [-0.39, 0.29) is 25.7 Å². The van der Waals surface area contributed by atoms with Crippen molar-refractivity contribution in [1.82, 2.24) is 0 Å². The average Bonchev–Trinajstić information content (AvgIpc) is 0.845. The van der Waals surface area contributed by atoms with Gasteiger partial charge < -0.3 is 43.0 Å². The van der Waals surface area contributed by atoms with Gasteiger partial charge in [-0.15, -0.1) is 0 Å². The van der Waals surface area contributed by atoms with Crippen LogP contribution in [0.4, 0.5) is 45.5 Å².